The Morgan fingerprint density at radius 1 is 1.13 bits per heavy atom. The highest BCUT2D eigenvalue weighted by Gasteiger charge is 2.38. The van der Waals surface area contributed by atoms with Gasteiger partial charge in [-0.25, -0.2) is 0 Å². The molecule has 0 unspecified atom stereocenters. The van der Waals surface area contributed by atoms with E-state index in [4.69, 9.17) is 9.47 Å². The first kappa shape index (κ1) is 21.0. The summed E-state index contributed by atoms with van der Waals surface area (Å²) < 4.78 is 10.7. The van der Waals surface area contributed by atoms with Crippen molar-refractivity contribution >= 4 is 17.5 Å². The summed E-state index contributed by atoms with van der Waals surface area (Å²) in [5.74, 6) is 1.39. The number of rotatable bonds is 6. The van der Waals surface area contributed by atoms with Gasteiger partial charge in [0.25, 0.3) is 0 Å². The SMILES string of the molecule is COc1ccc(N2C[C@H](C(=O)NC[C@@H]3CCCN4CCCC[C@@H]34)CC2=O)c(OC)c1. The van der Waals surface area contributed by atoms with E-state index in [-0.39, 0.29) is 24.2 Å². The number of carbonyl (C=O) groups excluding carboxylic acids is 2. The van der Waals surface area contributed by atoms with E-state index < -0.39 is 0 Å². The van der Waals surface area contributed by atoms with Crippen molar-refractivity contribution in [3.05, 3.63) is 18.2 Å². The molecule has 1 aromatic carbocycles. The lowest BCUT2D eigenvalue weighted by Crippen LogP contribution is -2.51. The summed E-state index contributed by atoms with van der Waals surface area (Å²) in [5.41, 5.74) is 0.684. The van der Waals surface area contributed by atoms with Gasteiger partial charge in [0.05, 0.1) is 25.8 Å². The predicted molar refractivity (Wildman–Crippen MR) is 115 cm³/mol. The molecule has 3 aliphatic rings. The van der Waals surface area contributed by atoms with Crippen molar-refractivity contribution in [3.63, 3.8) is 0 Å². The zero-order chi connectivity index (χ0) is 21.1. The van der Waals surface area contributed by atoms with Crippen molar-refractivity contribution < 1.29 is 19.1 Å². The Labute approximate surface area is 178 Å². The molecule has 0 aromatic heterocycles. The summed E-state index contributed by atoms with van der Waals surface area (Å²) in [6.07, 6.45) is 6.46. The molecule has 7 heteroatoms. The summed E-state index contributed by atoms with van der Waals surface area (Å²) in [4.78, 5) is 29.8. The number of ether oxygens (including phenoxy) is 2. The van der Waals surface area contributed by atoms with E-state index in [2.05, 4.69) is 10.2 Å². The smallest absolute Gasteiger partial charge is 0.227 e. The number of hydrogen-bond donors (Lipinski definition) is 1. The van der Waals surface area contributed by atoms with Crippen molar-refractivity contribution in [2.24, 2.45) is 11.8 Å². The van der Waals surface area contributed by atoms with E-state index >= 15 is 0 Å². The fourth-order valence-corrected chi connectivity index (χ4v) is 5.32. The summed E-state index contributed by atoms with van der Waals surface area (Å²) >= 11 is 0. The van der Waals surface area contributed by atoms with Gasteiger partial charge in [-0.1, -0.05) is 6.42 Å². The monoisotopic (exact) mass is 415 g/mol. The van der Waals surface area contributed by atoms with Crippen LogP contribution >= 0.6 is 0 Å². The number of fused-ring (bicyclic) bond motifs is 1. The van der Waals surface area contributed by atoms with Crippen LogP contribution in [0.1, 0.15) is 38.5 Å². The van der Waals surface area contributed by atoms with Gasteiger partial charge >= 0.3 is 0 Å². The largest absolute Gasteiger partial charge is 0.497 e. The highest BCUT2D eigenvalue weighted by atomic mass is 16.5. The number of nitrogens with one attached hydrogen (secondary N) is 1. The molecule has 1 aromatic rings. The van der Waals surface area contributed by atoms with Gasteiger partial charge in [0.1, 0.15) is 11.5 Å². The maximum atomic E-state index is 12.9. The molecule has 2 amide bonds. The first-order chi connectivity index (χ1) is 14.6. The number of carbonyl (C=O) groups is 2. The van der Waals surface area contributed by atoms with Crippen LogP contribution in [0, 0.1) is 11.8 Å². The van der Waals surface area contributed by atoms with Crippen molar-refractivity contribution in [2.45, 2.75) is 44.6 Å². The van der Waals surface area contributed by atoms with Gasteiger partial charge in [0.15, 0.2) is 0 Å². The van der Waals surface area contributed by atoms with Crippen LogP contribution in [-0.4, -0.2) is 63.2 Å². The van der Waals surface area contributed by atoms with Crippen LogP contribution in [0.2, 0.25) is 0 Å². The third-order valence-electron chi connectivity index (χ3n) is 6.94. The summed E-state index contributed by atoms with van der Waals surface area (Å²) in [7, 11) is 3.16. The van der Waals surface area contributed by atoms with E-state index in [0.29, 0.717) is 35.7 Å². The number of benzene rings is 1. The fraction of sp³-hybridized carbons (Fsp3) is 0.652. The minimum atomic E-state index is -0.324. The van der Waals surface area contributed by atoms with Gasteiger partial charge in [0.2, 0.25) is 11.8 Å². The molecule has 0 saturated carbocycles. The Balaban J connectivity index is 1.36. The first-order valence-corrected chi connectivity index (χ1v) is 11.1. The molecule has 0 bridgehead atoms. The van der Waals surface area contributed by atoms with E-state index in [0.717, 1.165) is 6.54 Å². The second-order valence-electron chi connectivity index (χ2n) is 8.69. The van der Waals surface area contributed by atoms with E-state index in [1.807, 2.05) is 6.07 Å². The normalized spacial score (nSPS) is 26.9. The number of piperidine rings is 2. The minimum Gasteiger partial charge on any atom is -0.497 e. The molecular weight excluding hydrogens is 382 g/mol. The van der Waals surface area contributed by atoms with E-state index in [1.54, 1.807) is 31.3 Å². The predicted octanol–water partition coefficient (Wildman–Crippen LogP) is 2.44. The molecule has 3 aliphatic heterocycles. The van der Waals surface area contributed by atoms with E-state index in [1.165, 1.54) is 45.2 Å². The van der Waals surface area contributed by atoms with Crippen molar-refractivity contribution in [2.75, 3.05) is 45.3 Å². The molecule has 0 aliphatic carbocycles. The highest BCUT2D eigenvalue weighted by Crippen LogP contribution is 2.36. The summed E-state index contributed by atoms with van der Waals surface area (Å²) in [6, 6.07) is 5.99. The lowest BCUT2D eigenvalue weighted by atomic mass is 9.83. The quantitative estimate of drug-likeness (QED) is 0.773. The molecule has 0 spiro atoms. The number of amides is 2. The molecule has 1 N–H and O–H groups in total. The molecule has 7 nitrogen and oxygen atoms in total. The van der Waals surface area contributed by atoms with Gasteiger partial charge in [-0.3, -0.25) is 9.59 Å². The Bertz CT molecular complexity index is 782. The third kappa shape index (κ3) is 4.26. The molecule has 4 rings (SSSR count). The van der Waals surface area contributed by atoms with Crippen LogP contribution < -0.4 is 19.7 Å². The van der Waals surface area contributed by atoms with Gasteiger partial charge < -0.3 is 24.6 Å². The second kappa shape index (κ2) is 9.25. The minimum absolute atomic E-state index is 0.00809. The molecule has 3 heterocycles. The zero-order valence-electron chi connectivity index (χ0n) is 18.1. The van der Waals surface area contributed by atoms with Crippen LogP contribution in [0.5, 0.6) is 11.5 Å². The average molecular weight is 416 g/mol. The highest BCUT2D eigenvalue weighted by molar-refractivity contribution is 6.01. The summed E-state index contributed by atoms with van der Waals surface area (Å²) in [5, 5.41) is 3.17. The van der Waals surface area contributed by atoms with Gasteiger partial charge in [0, 0.05) is 31.6 Å². The lowest BCUT2D eigenvalue weighted by Gasteiger charge is -2.44. The number of methoxy groups -OCH3 is 2. The van der Waals surface area contributed by atoms with E-state index in [9.17, 15) is 9.59 Å². The Morgan fingerprint density at radius 2 is 1.97 bits per heavy atom. The van der Waals surface area contributed by atoms with Crippen LogP contribution in [-0.2, 0) is 9.59 Å². The second-order valence-corrected chi connectivity index (χ2v) is 8.69. The standard InChI is InChI=1S/C23H33N3O4/c1-29-18-8-9-20(21(13-18)30-2)26-15-17(12-22(26)27)23(28)24-14-16-6-5-11-25-10-4-3-7-19(16)25/h8-9,13,16-17,19H,3-7,10-12,14-15H2,1-2H3,(H,24,28)/t16-,17+,19-/m0/s1. The summed E-state index contributed by atoms with van der Waals surface area (Å²) in [6.45, 7) is 3.50. The molecule has 30 heavy (non-hydrogen) atoms. The van der Waals surface area contributed by atoms with Gasteiger partial charge in [-0.2, -0.15) is 0 Å². The van der Waals surface area contributed by atoms with Crippen LogP contribution in [0.3, 0.4) is 0 Å². The number of anilines is 1. The molecular formula is C23H33N3O4. The van der Waals surface area contributed by atoms with Crippen LogP contribution in [0.25, 0.3) is 0 Å². The average Bonchev–Trinajstić information content (AvgIpc) is 3.18. The van der Waals surface area contributed by atoms with Crippen LogP contribution in [0.4, 0.5) is 5.69 Å². The van der Waals surface area contributed by atoms with Gasteiger partial charge in [-0.15, -0.1) is 0 Å². The molecule has 3 atom stereocenters. The molecule has 0 radical (unpaired) electrons. The fourth-order valence-electron chi connectivity index (χ4n) is 5.32. The Hall–Kier alpha value is -2.28. The number of hydrogen-bond acceptors (Lipinski definition) is 5. The maximum absolute atomic E-state index is 12.9. The molecule has 164 valence electrons. The van der Waals surface area contributed by atoms with Gasteiger partial charge in [-0.05, 0) is 56.8 Å². The zero-order valence-corrected chi connectivity index (χ0v) is 18.1. The molecule has 3 saturated heterocycles. The van der Waals surface area contributed by atoms with Crippen molar-refractivity contribution in [1.82, 2.24) is 10.2 Å². The third-order valence-corrected chi connectivity index (χ3v) is 6.94. The topological polar surface area (TPSA) is 71.1 Å². The lowest BCUT2D eigenvalue weighted by molar-refractivity contribution is -0.126. The Kier molecular flexibility index (Phi) is 6.46. The Morgan fingerprint density at radius 3 is 2.77 bits per heavy atom. The van der Waals surface area contributed by atoms with Crippen LogP contribution in [0.15, 0.2) is 18.2 Å². The maximum Gasteiger partial charge on any atom is 0.227 e. The van der Waals surface area contributed by atoms with Crippen molar-refractivity contribution in [1.29, 1.82) is 0 Å². The number of nitrogens with zero attached hydrogens (tertiary/aromatic N) is 2. The molecule has 3 fully saturated rings. The first-order valence-electron chi connectivity index (χ1n) is 11.1. The van der Waals surface area contributed by atoms with Crippen molar-refractivity contribution in [3.8, 4) is 11.5 Å².